The molecule has 1 aliphatic rings. The zero-order valence-electron chi connectivity index (χ0n) is 15.6. The van der Waals surface area contributed by atoms with Crippen molar-refractivity contribution in [2.24, 2.45) is 0 Å². The standard InChI is InChI=1S/C19H29N3O5/c23-18(22-25)9-5-3-4-8-17-19(24)21-15-14-20-11-10-16(15)26-12-6-1-2-7-13-27-17/h10-11,14,17,25H,1-9,12-13H2,(H,21,24)(H,22,23). The maximum atomic E-state index is 12.7. The molecule has 150 valence electrons. The lowest BCUT2D eigenvalue weighted by Gasteiger charge is -2.18. The molecule has 2 heterocycles. The molecule has 0 spiro atoms. The van der Waals surface area contributed by atoms with Crippen molar-refractivity contribution in [3.8, 4) is 5.75 Å². The number of rotatable bonds is 6. The number of hydroxylamine groups is 1. The highest BCUT2D eigenvalue weighted by Crippen LogP contribution is 2.24. The van der Waals surface area contributed by atoms with Gasteiger partial charge in [-0.2, -0.15) is 0 Å². The first-order valence-corrected chi connectivity index (χ1v) is 9.63. The summed E-state index contributed by atoms with van der Waals surface area (Å²) in [6.45, 7) is 1.16. The second kappa shape index (κ2) is 12.2. The highest BCUT2D eigenvalue weighted by atomic mass is 16.5. The van der Waals surface area contributed by atoms with Gasteiger partial charge in [-0.3, -0.25) is 19.8 Å². The van der Waals surface area contributed by atoms with E-state index in [0.717, 1.165) is 38.5 Å². The third-order valence-corrected chi connectivity index (χ3v) is 4.44. The lowest BCUT2D eigenvalue weighted by molar-refractivity contribution is -0.129. The van der Waals surface area contributed by atoms with Crippen LogP contribution in [-0.2, 0) is 14.3 Å². The molecule has 8 heteroatoms. The van der Waals surface area contributed by atoms with E-state index < -0.39 is 12.0 Å². The van der Waals surface area contributed by atoms with Crippen molar-refractivity contribution >= 4 is 17.5 Å². The highest BCUT2D eigenvalue weighted by molar-refractivity contribution is 5.95. The maximum Gasteiger partial charge on any atom is 0.253 e. The van der Waals surface area contributed by atoms with Gasteiger partial charge in [0.25, 0.3) is 5.91 Å². The number of hydrogen-bond donors (Lipinski definition) is 3. The van der Waals surface area contributed by atoms with Crippen molar-refractivity contribution in [3.63, 3.8) is 0 Å². The number of carbonyl (C=O) groups excluding carboxylic acids is 2. The second-order valence-electron chi connectivity index (χ2n) is 6.62. The number of aromatic nitrogens is 1. The fraction of sp³-hybridized carbons (Fsp3) is 0.632. The summed E-state index contributed by atoms with van der Waals surface area (Å²) in [5.74, 6) is 0.0155. The Balaban J connectivity index is 1.92. The minimum Gasteiger partial charge on any atom is -0.491 e. The molecular weight excluding hydrogens is 350 g/mol. The molecule has 1 aliphatic heterocycles. The van der Waals surface area contributed by atoms with E-state index in [9.17, 15) is 9.59 Å². The zero-order valence-corrected chi connectivity index (χ0v) is 15.6. The Morgan fingerprint density at radius 3 is 2.85 bits per heavy atom. The summed E-state index contributed by atoms with van der Waals surface area (Å²) < 4.78 is 11.6. The first-order chi connectivity index (χ1) is 13.2. The van der Waals surface area contributed by atoms with Gasteiger partial charge in [-0.05, 0) is 32.1 Å². The van der Waals surface area contributed by atoms with Gasteiger partial charge in [0.05, 0.1) is 12.8 Å². The summed E-state index contributed by atoms with van der Waals surface area (Å²) in [7, 11) is 0. The minimum absolute atomic E-state index is 0.208. The molecule has 8 nitrogen and oxygen atoms in total. The summed E-state index contributed by atoms with van der Waals surface area (Å²) in [6, 6.07) is 1.75. The molecular formula is C19H29N3O5. The van der Waals surface area contributed by atoms with E-state index in [1.165, 1.54) is 0 Å². The van der Waals surface area contributed by atoms with Gasteiger partial charge in [-0.1, -0.05) is 19.3 Å². The zero-order chi connectivity index (χ0) is 19.3. The smallest absolute Gasteiger partial charge is 0.253 e. The SMILES string of the molecule is O=C(CCCCCC1OCCCCCCOc2ccncc2NC1=O)NO. The molecule has 1 aromatic rings. The van der Waals surface area contributed by atoms with E-state index in [0.29, 0.717) is 37.5 Å². The number of carbonyl (C=O) groups is 2. The number of fused-ring (bicyclic) bond motifs is 1. The molecule has 0 radical (unpaired) electrons. The lowest BCUT2D eigenvalue weighted by atomic mass is 10.1. The topological polar surface area (TPSA) is 110 Å². The molecule has 0 saturated carbocycles. The minimum atomic E-state index is -0.550. The fourth-order valence-electron chi connectivity index (χ4n) is 2.92. The van der Waals surface area contributed by atoms with Gasteiger partial charge in [-0.15, -0.1) is 0 Å². The van der Waals surface area contributed by atoms with Crippen molar-refractivity contribution in [1.82, 2.24) is 10.5 Å². The van der Waals surface area contributed by atoms with Crippen LogP contribution < -0.4 is 15.5 Å². The van der Waals surface area contributed by atoms with E-state index in [-0.39, 0.29) is 12.3 Å². The molecule has 0 aliphatic carbocycles. The molecule has 1 aromatic heterocycles. The summed E-state index contributed by atoms with van der Waals surface area (Å²) in [5.41, 5.74) is 2.17. The third kappa shape index (κ3) is 7.92. The summed E-state index contributed by atoms with van der Waals surface area (Å²) >= 11 is 0. The van der Waals surface area contributed by atoms with E-state index in [1.807, 2.05) is 0 Å². The van der Waals surface area contributed by atoms with E-state index >= 15 is 0 Å². The van der Waals surface area contributed by atoms with Crippen molar-refractivity contribution in [3.05, 3.63) is 18.5 Å². The van der Waals surface area contributed by atoms with Crippen LogP contribution in [0.5, 0.6) is 5.75 Å². The monoisotopic (exact) mass is 379 g/mol. The average Bonchev–Trinajstić information content (AvgIpc) is 2.69. The van der Waals surface area contributed by atoms with Crippen LogP contribution in [0.3, 0.4) is 0 Å². The van der Waals surface area contributed by atoms with Crippen molar-refractivity contribution < 1.29 is 24.3 Å². The van der Waals surface area contributed by atoms with Gasteiger partial charge in [-0.25, -0.2) is 5.48 Å². The number of nitrogens with zero attached hydrogens (tertiary/aromatic N) is 1. The Kier molecular flexibility index (Phi) is 9.57. The van der Waals surface area contributed by atoms with E-state index in [4.69, 9.17) is 14.7 Å². The van der Waals surface area contributed by atoms with Gasteiger partial charge in [0, 0.05) is 25.3 Å². The molecule has 0 bridgehead atoms. The van der Waals surface area contributed by atoms with Crippen LogP contribution in [0.25, 0.3) is 0 Å². The Morgan fingerprint density at radius 2 is 2.04 bits per heavy atom. The molecule has 1 atom stereocenters. The molecule has 2 rings (SSSR count). The number of ether oxygens (including phenoxy) is 2. The van der Waals surface area contributed by atoms with E-state index in [1.54, 1.807) is 23.9 Å². The molecule has 0 saturated heterocycles. The first-order valence-electron chi connectivity index (χ1n) is 9.63. The third-order valence-electron chi connectivity index (χ3n) is 4.44. The van der Waals surface area contributed by atoms with Gasteiger partial charge < -0.3 is 14.8 Å². The van der Waals surface area contributed by atoms with Crippen molar-refractivity contribution in [2.45, 2.75) is 63.9 Å². The normalized spacial score (nSPS) is 18.7. The Bertz CT molecular complexity index is 596. The largest absolute Gasteiger partial charge is 0.491 e. The molecule has 2 amide bonds. The molecule has 1 unspecified atom stereocenters. The highest BCUT2D eigenvalue weighted by Gasteiger charge is 2.20. The number of amides is 2. The maximum absolute atomic E-state index is 12.7. The van der Waals surface area contributed by atoms with Crippen LogP contribution in [0, 0.1) is 0 Å². The quantitative estimate of drug-likeness (QED) is 0.398. The number of hydrogen-bond acceptors (Lipinski definition) is 6. The van der Waals surface area contributed by atoms with Gasteiger partial charge in [0.15, 0.2) is 0 Å². The van der Waals surface area contributed by atoms with E-state index in [2.05, 4.69) is 10.3 Å². The first kappa shape index (κ1) is 21.1. The van der Waals surface area contributed by atoms with Gasteiger partial charge in [0.1, 0.15) is 17.5 Å². The van der Waals surface area contributed by atoms with Gasteiger partial charge in [0.2, 0.25) is 5.91 Å². The molecule has 0 fully saturated rings. The van der Waals surface area contributed by atoms with Crippen LogP contribution in [0.15, 0.2) is 18.5 Å². The number of unbranched alkanes of at least 4 members (excludes halogenated alkanes) is 2. The summed E-state index contributed by atoms with van der Waals surface area (Å²) in [6.07, 6.45) is 9.67. The number of nitrogens with one attached hydrogen (secondary N) is 2. The van der Waals surface area contributed by atoms with Crippen LogP contribution in [0.2, 0.25) is 0 Å². The number of anilines is 1. The van der Waals surface area contributed by atoms with Crippen LogP contribution in [-0.4, -0.2) is 41.3 Å². The Morgan fingerprint density at radius 1 is 1.22 bits per heavy atom. The van der Waals surface area contributed by atoms with Crippen molar-refractivity contribution in [1.29, 1.82) is 0 Å². The van der Waals surface area contributed by atoms with Gasteiger partial charge >= 0.3 is 0 Å². The second-order valence-corrected chi connectivity index (χ2v) is 6.62. The predicted molar refractivity (Wildman–Crippen MR) is 99.6 cm³/mol. The number of pyridine rings is 1. The van der Waals surface area contributed by atoms with Crippen LogP contribution in [0.1, 0.15) is 57.8 Å². The molecule has 27 heavy (non-hydrogen) atoms. The molecule has 0 aromatic carbocycles. The average molecular weight is 379 g/mol. The molecule has 3 N–H and O–H groups in total. The Hall–Kier alpha value is -2.19. The van der Waals surface area contributed by atoms with Crippen LogP contribution >= 0.6 is 0 Å². The summed E-state index contributed by atoms with van der Waals surface area (Å²) in [5, 5.41) is 11.4. The van der Waals surface area contributed by atoms with Crippen LogP contribution in [0.4, 0.5) is 5.69 Å². The Labute approximate surface area is 159 Å². The summed E-state index contributed by atoms with van der Waals surface area (Å²) in [4.78, 5) is 27.8. The predicted octanol–water partition coefficient (Wildman–Crippen LogP) is 2.81. The van der Waals surface area contributed by atoms with Crippen molar-refractivity contribution in [2.75, 3.05) is 18.5 Å². The lowest BCUT2D eigenvalue weighted by Crippen LogP contribution is -2.31. The fourth-order valence-corrected chi connectivity index (χ4v) is 2.92.